The van der Waals surface area contributed by atoms with Crippen LogP contribution in [-0.4, -0.2) is 30.1 Å². The SMILES string of the molecule is CCC(C)Oc1cccc(C(=O)NC(=S)Nc2cccc(C(=O)NC)c2)c1. The molecule has 2 amide bonds. The molecule has 0 aliphatic rings. The summed E-state index contributed by atoms with van der Waals surface area (Å²) in [4.78, 5) is 24.1. The standard InChI is InChI=1S/C20H23N3O3S/c1-4-13(2)26-17-10-6-8-15(12-17)19(25)23-20(27)22-16-9-5-7-14(11-16)18(24)21-3/h5-13H,4H2,1-3H3,(H,21,24)(H2,22,23,25,27). The Hall–Kier alpha value is -2.93. The first-order valence-electron chi connectivity index (χ1n) is 8.64. The lowest BCUT2D eigenvalue weighted by molar-refractivity contribution is 0.0959. The minimum atomic E-state index is -0.343. The minimum absolute atomic E-state index is 0.0682. The molecule has 0 spiro atoms. The van der Waals surface area contributed by atoms with Crippen molar-refractivity contribution in [3.63, 3.8) is 0 Å². The average Bonchev–Trinajstić information content (AvgIpc) is 2.67. The van der Waals surface area contributed by atoms with Crippen molar-refractivity contribution >= 4 is 34.8 Å². The van der Waals surface area contributed by atoms with Crippen molar-refractivity contribution < 1.29 is 14.3 Å². The van der Waals surface area contributed by atoms with Crippen molar-refractivity contribution in [1.29, 1.82) is 0 Å². The molecule has 3 N–H and O–H groups in total. The molecule has 0 bridgehead atoms. The number of amides is 2. The van der Waals surface area contributed by atoms with Crippen LogP contribution >= 0.6 is 12.2 Å². The third-order valence-electron chi connectivity index (χ3n) is 3.85. The van der Waals surface area contributed by atoms with E-state index in [4.69, 9.17) is 17.0 Å². The van der Waals surface area contributed by atoms with Gasteiger partial charge in [0.15, 0.2) is 5.11 Å². The van der Waals surface area contributed by atoms with Gasteiger partial charge in [0.05, 0.1) is 6.10 Å². The summed E-state index contributed by atoms with van der Waals surface area (Å²) < 4.78 is 5.73. The molecule has 0 saturated carbocycles. The van der Waals surface area contributed by atoms with Gasteiger partial charge in [0.2, 0.25) is 0 Å². The van der Waals surface area contributed by atoms with E-state index in [1.165, 1.54) is 0 Å². The number of hydrogen-bond donors (Lipinski definition) is 3. The van der Waals surface area contributed by atoms with E-state index < -0.39 is 0 Å². The molecule has 142 valence electrons. The zero-order valence-corrected chi connectivity index (χ0v) is 16.4. The fourth-order valence-electron chi connectivity index (χ4n) is 2.25. The summed E-state index contributed by atoms with van der Waals surface area (Å²) in [5, 5.41) is 8.23. The van der Waals surface area contributed by atoms with Crippen molar-refractivity contribution in [2.24, 2.45) is 0 Å². The van der Waals surface area contributed by atoms with Crippen LogP contribution in [0.25, 0.3) is 0 Å². The lowest BCUT2D eigenvalue weighted by Gasteiger charge is -2.14. The number of hydrogen-bond acceptors (Lipinski definition) is 4. The molecule has 7 heteroatoms. The van der Waals surface area contributed by atoms with E-state index in [-0.39, 0.29) is 23.0 Å². The molecule has 2 aromatic rings. The highest BCUT2D eigenvalue weighted by Crippen LogP contribution is 2.16. The molecule has 2 rings (SSSR count). The lowest BCUT2D eigenvalue weighted by Crippen LogP contribution is -2.34. The summed E-state index contributed by atoms with van der Waals surface area (Å²) in [6.45, 7) is 4.00. The van der Waals surface area contributed by atoms with Gasteiger partial charge in [0.25, 0.3) is 11.8 Å². The van der Waals surface area contributed by atoms with Crippen LogP contribution in [0.15, 0.2) is 48.5 Å². The molecule has 1 unspecified atom stereocenters. The quantitative estimate of drug-likeness (QED) is 0.665. The van der Waals surface area contributed by atoms with Crippen molar-refractivity contribution in [3.8, 4) is 5.75 Å². The van der Waals surface area contributed by atoms with Gasteiger partial charge < -0.3 is 15.4 Å². The summed E-state index contributed by atoms with van der Waals surface area (Å²) in [7, 11) is 1.56. The van der Waals surface area contributed by atoms with Crippen LogP contribution in [-0.2, 0) is 0 Å². The molecule has 0 saturated heterocycles. The number of carbonyl (C=O) groups excluding carboxylic acids is 2. The molecule has 27 heavy (non-hydrogen) atoms. The first-order valence-corrected chi connectivity index (χ1v) is 9.05. The van der Waals surface area contributed by atoms with Gasteiger partial charge in [-0.2, -0.15) is 0 Å². The largest absolute Gasteiger partial charge is 0.491 e. The first-order chi connectivity index (χ1) is 12.9. The van der Waals surface area contributed by atoms with Gasteiger partial charge >= 0.3 is 0 Å². The molecule has 0 heterocycles. The maximum atomic E-state index is 12.4. The summed E-state index contributed by atoms with van der Waals surface area (Å²) in [6.07, 6.45) is 0.943. The number of rotatable bonds is 6. The molecule has 6 nitrogen and oxygen atoms in total. The van der Waals surface area contributed by atoms with Gasteiger partial charge in [-0.3, -0.25) is 14.9 Å². The molecule has 0 fully saturated rings. The van der Waals surface area contributed by atoms with Crippen LogP contribution in [0, 0.1) is 0 Å². The Balaban J connectivity index is 2.01. The number of carbonyl (C=O) groups is 2. The van der Waals surface area contributed by atoms with Gasteiger partial charge in [-0.15, -0.1) is 0 Å². The monoisotopic (exact) mass is 385 g/mol. The Morgan fingerprint density at radius 3 is 2.41 bits per heavy atom. The minimum Gasteiger partial charge on any atom is -0.491 e. The second kappa shape index (κ2) is 9.68. The Labute approximate surface area is 164 Å². The molecule has 0 radical (unpaired) electrons. The summed E-state index contributed by atoms with van der Waals surface area (Å²) in [5.41, 5.74) is 1.54. The van der Waals surface area contributed by atoms with Crippen molar-refractivity contribution in [2.75, 3.05) is 12.4 Å². The fraction of sp³-hybridized carbons (Fsp3) is 0.250. The second-order valence-corrected chi connectivity index (χ2v) is 6.34. The summed E-state index contributed by atoms with van der Waals surface area (Å²) in [5.74, 6) is 0.0884. The predicted octanol–water partition coefficient (Wildman–Crippen LogP) is 3.35. The molecule has 0 aliphatic heterocycles. The van der Waals surface area contributed by atoms with E-state index in [2.05, 4.69) is 16.0 Å². The normalized spacial score (nSPS) is 11.2. The molecular formula is C20H23N3O3S. The zero-order chi connectivity index (χ0) is 19.8. The van der Waals surface area contributed by atoms with E-state index >= 15 is 0 Å². The number of ether oxygens (including phenoxy) is 1. The van der Waals surface area contributed by atoms with Gasteiger partial charge in [0.1, 0.15) is 5.75 Å². The maximum Gasteiger partial charge on any atom is 0.257 e. The van der Waals surface area contributed by atoms with E-state index in [9.17, 15) is 9.59 Å². The van der Waals surface area contributed by atoms with Gasteiger partial charge in [0, 0.05) is 23.9 Å². The lowest BCUT2D eigenvalue weighted by atomic mass is 10.2. The van der Waals surface area contributed by atoms with Crippen LogP contribution < -0.4 is 20.7 Å². The van der Waals surface area contributed by atoms with Crippen LogP contribution in [0.5, 0.6) is 5.75 Å². The Bertz CT molecular complexity index is 839. The Morgan fingerprint density at radius 2 is 1.74 bits per heavy atom. The van der Waals surface area contributed by atoms with Crippen molar-refractivity contribution in [2.45, 2.75) is 26.4 Å². The Kier molecular flexibility index (Phi) is 7.31. The van der Waals surface area contributed by atoms with Gasteiger partial charge in [-0.05, 0) is 62.0 Å². The highest BCUT2D eigenvalue weighted by atomic mass is 32.1. The first kappa shape index (κ1) is 20.4. The molecular weight excluding hydrogens is 362 g/mol. The maximum absolute atomic E-state index is 12.4. The number of thiocarbonyl (C=S) groups is 1. The number of nitrogens with one attached hydrogen (secondary N) is 3. The van der Waals surface area contributed by atoms with Crippen LogP contribution in [0.2, 0.25) is 0 Å². The highest BCUT2D eigenvalue weighted by Gasteiger charge is 2.11. The Morgan fingerprint density at radius 1 is 1.07 bits per heavy atom. The molecule has 1 atom stereocenters. The van der Waals surface area contributed by atoms with E-state index in [0.29, 0.717) is 22.6 Å². The van der Waals surface area contributed by atoms with Crippen molar-refractivity contribution in [1.82, 2.24) is 10.6 Å². The van der Waals surface area contributed by atoms with E-state index in [1.807, 2.05) is 19.9 Å². The predicted molar refractivity (Wildman–Crippen MR) is 110 cm³/mol. The zero-order valence-electron chi connectivity index (χ0n) is 15.5. The number of anilines is 1. The third kappa shape index (κ3) is 6.07. The van der Waals surface area contributed by atoms with Crippen molar-refractivity contribution in [3.05, 3.63) is 59.7 Å². The smallest absolute Gasteiger partial charge is 0.257 e. The third-order valence-corrected chi connectivity index (χ3v) is 4.05. The van der Waals surface area contributed by atoms with E-state index in [0.717, 1.165) is 6.42 Å². The second-order valence-electron chi connectivity index (χ2n) is 5.93. The number of benzene rings is 2. The molecule has 2 aromatic carbocycles. The van der Waals surface area contributed by atoms with E-state index in [1.54, 1.807) is 49.5 Å². The van der Waals surface area contributed by atoms with Crippen LogP contribution in [0.3, 0.4) is 0 Å². The van der Waals surface area contributed by atoms with Crippen LogP contribution in [0.4, 0.5) is 5.69 Å². The molecule has 0 aliphatic carbocycles. The highest BCUT2D eigenvalue weighted by molar-refractivity contribution is 7.80. The molecule has 0 aromatic heterocycles. The van der Waals surface area contributed by atoms with Crippen LogP contribution in [0.1, 0.15) is 41.0 Å². The van der Waals surface area contributed by atoms with Gasteiger partial charge in [-0.25, -0.2) is 0 Å². The summed E-state index contributed by atoms with van der Waals surface area (Å²) in [6, 6.07) is 13.8. The average molecular weight is 385 g/mol. The summed E-state index contributed by atoms with van der Waals surface area (Å²) >= 11 is 5.20. The fourth-order valence-corrected chi connectivity index (χ4v) is 2.46. The topological polar surface area (TPSA) is 79.5 Å². The van der Waals surface area contributed by atoms with Gasteiger partial charge in [-0.1, -0.05) is 19.1 Å².